The second-order valence-corrected chi connectivity index (χ2v) is 7.27. The number of hydrogen-bond donors (Lipinski definition) is 1. The number of fused-ring (bicyclic) bond motifs is 1. The summed E-state index contributed by atoms with van der Waals surface area (Å²) in [6, 6.07) is 17.6. The maximum Gasteiger partial charge on any atom is 0.241 e. The number of rotatable bonds is 5. The van der Waals surface area contributed by atoms with E-state index in [1.165, 1.54) is 0 Å². The molecule has 1 amide bonds. The fraction of sp³-hybridized carbons (Fsp3) is 0.304. The lowest BCUT2D eigenvalue weighted by atomic mass is 10.1. The molecule has 1 N–H and O–H groups in total. The minimum absolute atomic E-state index is 0.0104. The van der Waals surface area contributed by atoms with Crippen molar-refractivity contribution in [3.8, 4) is 5.75 Å². The molecule has 1 fully saturated rings. The Balaban J connectivity index is 1.39. The number of nitrogens with one attached hydrogen (secondary N) is 1. The van der Waals surface area contributed by atoms with Gasteiger partial charge in [0, 0.05) is 49.5 Å². The number of methoxy groups -OCH3 is 1. The lowest BCUT2D eigenvalue weighted by Gasteiger charge is -2.38. The van der Waals surface area contributed by atoms with E-state index in [1.54, 1.807) is 13.3 Å². The minimum atomic E-state index is -0.200. The van der Waals surface area contributed by atoms with Crippen LogP contribution in [0, 0.1) is 0 Å². The van der Waals surface area contributed by atoms with Gasteiger partial charge >= 0.3 is 0 Å². The zero-order valence-electron chi connectivity index (χ0n) is 16.8. The average molecular weight is 390 g/mol. The molecule has 1 atom stereocenters. The van der Waals surface area contributed by atoms with Crippen LogP contribution in [0.2, 0.25) is 0 Å². The molecule has 1 saturated heterocycles. The predicted octanol–water partition coefficient (Wildman–Crippen LogP) is 3.39. The summed E-state index contributed by atoms with van der Waals surface area (Å²) in [5, 5.41) is 4.05. The zero-order chi connectivity index (χ0) is 20.2. The number of amides is 1. The van der Waals surface area contributed by atoms with Gasteiger partial charge in [-0.05, 0) is 43.3 Å². The van der Waals surface area contributed by atoms with E-state index in [9.17, 15) is 4.79 Å². The molecule has 3 aromatic rings. The molecule has 1 unspecified atom stereocenters. The van der Waals surface area contributed by atoms with E-state index in [1.807, 2.05) is 49.4 Å². The summed E-state index contributed by atoms with van der Waals surface area (Å²) in [4.78, 5) is 21.8. The Bertz CT molecular complexity index is 994. The third-order valence-electron chi connectivity index (χ3n) is 5.56. The molecule has 0 aliphatic carbocycles. The van der Waals surface area contributed by atoms with Gasteiger partial charge in [-0.25, -0.2) is 0 Å². The van der Waals surface area contributed by atoms with E-state index in [-0.39, 0.29) is 11.9 Å². The smallest absolute Gasteiger partial charge is 0.241 e. The predicted molar refractivity (Wildman–Crippen MR) is 117 cm³/mol. The first-order chi connectivity index (χ1) is 14.2. The number of hydrogen-bond acceptors (Lipinski definition) is 5. The molecule has 1 aromatic heterocycles. The first-order valence-electron chi connectivity index (χ1n) is 9.93. The molecule has 0 radical (unpaired) electrons. The highest BCUT2D eigenvalue weighted by Crippen LogP contribution is 2.24. The van der Waals surface area contributed by atoms with E-state index in [0.717, 1.165) is 54.2 Å². The molecule has 1 aliphatic heterocycles. The fourth-order valence-electron chi connectivity index (χ4n) is 3.79. The SMILES string of the molecule is COc1cccc(N2CCN(C(C)C(=O)Nc3cccc4ncccc34)CC2)c1. The molecular weight excluding hydrogens is 364 g/mol. The molecular formula is C23H26N4O2. The van der Waals surface area contributed by atoms with Gasteiger partial charge in [0.05, 0.1) is 24.4 Å². The van der Waals surface area contributed by atoms with Crippen molar-refractivity contribution in [2.24, 2.45) is 0 Å². The zero-order valence-corrected chi connectivity index (χ0v) is 16.8. The summed E-state index contributed by atoms with van der Waals surface area (Å²) in [7, 11) is 1.68. The number of ether oxygens (including phenoxy) is 1. The number of aromatic nitrogens is 1. The van der Waals surface area contributed by atoms with Gasteiger partial charge in [0.2, 0.25) is 5.91 Å². The molecule has 0 saturated carbocycles. The highest BCUT2D eigenvalue weighted by Gasteiger charge is 2.26. The first kappa shape index (κ1) is 19.2. The van der Waals surface area contributed by atoms with Crippen LogP contribution in [0.25, 0.3) is 10.9 Å². The van der Waals surface area contributed by atoms with Crippen molar-refractivity contribution in [3.63, 3.8) is 0 Å². The third kappa shape index (κ3) is 4.17. The van der Waals surface area contributed by atoms with Crippen LogP contribution in [-0.2, 0) is 4.79 Å². The van der Waals surface area contributed by atoms with Crippen LogP contribution >= 0.6 is 0 Å². The van der Waals surface area contributed by atoms with Gasteiger partial charge < -0.3 is 15.0 Å². The van der Waals surface area contributed by atoms with E-state index in [0.29, 0.717) is 0 Å². The van der Waals surface area contributed by atoms with Crippen molar-refractivity contribution in [1.29, 1.82) is 0 Å². The molecule has 0 spiro atoms. The molecule has 2 aromatic carbocycles. The molecule has 150 valence electrons. The van der Waals surface area contributed by atoms with Crippen LogP contribution in [0.4, 0.5) is 11.4 Å². The van der Waals surface area contributed by atoms with Gasteiger partial charge in [0.25, 0.3) is 0 Å². The van der Waals surface area contributed by atoms with E-state index in [2.05, 4.69) is 32.2 Å². The highest BCUT2D eigenvalue weighted by molar-refractivity contribution is 6.02. The number of anilines is 2. The Morgan fingerprint density at radius 1 is 1.07 bits per heavy atom. The van der Waals surface area contributed by atoms with E-state index >= 15 is 0 Å². The van der Waals surface area contributed by atoms with E-state index in [4.69, 9.17) is 4.74 Å². The maximum absolute atomic E-state index is 12.9. The maximum atomic E-state index is 12.9. The highest BCUT2D eigenvalue weighted by atomic mass is 16.5. The quantitative estimate of drug-likeness (QED) is 0.724. The van der Waals surface area contributed by atoms with Crippen LogP contribution in [0.3, 0.4) is 0 Å². The van der Waals surface area contributed by atoms with Gasteiger partial charge in [0.1, 0.15) is 5.75 Å². The lowest BCUT2D eigenvalue weighted by molar-refractivity contribution is -0.120. The summed E-state index contributed by atoms with van der Waals surface area (Å²) in [5.74, 6) is 0.874. The Kier molecular flexibility index (Phi) is 5.62. The van der Waals surface area contributed by atoms with Crippen LogP contribution < -0.4 is 15.0 Å². The monoisotopic (exact) mass is 390 g/mol. The number of carbonyl (C=O) groups excluding carboxylic acids is 1. The summed E-state index contributed by atoms with van der Waals surface area (Å²) < 4.78 is 5.33. The van der Waals surface area contributed by atoms with Crippen LogP contribution in [0.1, 0.15) is 6.92 Å². The van der Waals surface area contributed by atoms with Crippen molar-refractivity contribution in [1.82, 2.24) is 9.88 Å². The van der Waals surface area contributed by atoms with Crippen molar-refractivity contribution in [2.45, 2.75) is 13.0 Å². The largest absolute Gasteiger partial charge is 0.497 e. The van der Waals surface area contributed by atoms with Crippen molar-refractivity contribution < 1.29 is 9.53 Å². The Labute approximate surface area is 171 Å². The second-order valence-electron chi connectivity index (χ2n) is 7.27. The van der Waals surface area contributed by atoms with Crippen LogP contribution in [0.15, 0.2) is 60.8 Å². The minimum Gasteiger partial charge on any atom is -0.497 e. The number of benzene rings is 2. The van der Waals surface area contributed by atoms with Gasteiger partial charge in [0.15, 0.2) is 0 Å². The van der Waals surface area contributed by atoms with Crippen molar-refractivity contribution in [2.75, 3.05) is 43.5 Å². The summed E-state index contributed by atoms with van der Waals surface area (Å²) in [5.41, 5.74) is 2.84. The lowest BCUT2D eigenvalue weighted by Crippen LogP contribution is -2.52. The fourth-order valence-corrected chi connectivity index (χ4v) is 3.79. The number of carbonyl (C=O) groups is 1. The van der Waals surface area contributed by atoms with Gasteiger partial charge in [-0.3, -0.25) is 14.7 Å². The van der Waals surface area contributed by atoms with Gasteiger partial charge in [-0.15, -0.1) is 0 Å². The van der Waals surface area contributed by atoms with Gasteiger partial charge in [-0.1, -0.05) is 12.1 Å². The normalized spacial score (nSPS) is 15.9. The Morgan fingerprint density at radius 2 is 1.86 bits per heavy atom. The molecule has 1 aliphatic rings. The topological polar surface area (TPSA) is 57.7 Å². The Morgan fingerprint density at radius 3 is 2.66 bits per heavy atom. The van der Waals surface area contributed by atoms with Crippen molar-refractivity contribution in [3.05, 3.63) is 60.8 Å². The standard InChI is InChI=1S/C23H26N4O2/c1-17(23(28)25-22-10-4-9-21-20(22)8-5-11-24-21)26-12-14-27(15-13-26)18-6-3-7-19(16-18)29-2/h3-11,16-17H,12-15H2,1-2H3,(H,25,28). The number of pyridine rings is 1. The summed E-state index contributed by atoms with van der Waals surface area (Å²) in [6.07, 6.45) is 1.76. The van der Waals surface area contributed by atoms with Crippen LogP contribution in [-0.4, -0.2) is 55.1 Å². The summed E-state index contributed by atoms with van der Waals surface area (Å²) in [6.45, 7) is 5.40. The Hall–Kier alpha value is -3.12. The molecule has 29 heavy (non-hydrogen) atoms. The van der Waals surface area contributed by atoms with Crippen molar-refractivity contribution >= 4 is 28.2 Å². The second kappa shape index (κ2) is 8.49. The third-order valence-corrected chi connectivity index (χ3v) is 5.56. The molecule has 0 bridgehead atoms. The number of nitrogens with zero attached hydrogens (tertiary/aromatic N) is 3. The summed E-state index contributed by atoms with van der Waals surface area (Å²) >= 11 is 0. The number of piperazine rings is 1. The van der Waals surface area contributed by atoms with Crippen LogP contribution in [0.5, 0.6) is 5.75 Å². The van der Waals surface area contributed by atoms with Gasteiger partial charge in [-0.2, -0.15) is 0 Å². The molecule has 6 nitrogen and oxygen atoms in total. The average Bonchev–Trinajstić information content (AvgIpc) is 2.79. The van der Waals surface area contributed by atoms with E-state index < -0.39 is 0 Å². The first-order valence-corrected chi connectivity index (χ1v) is 9.93. The molecule has 6 heteroatoms. The molecule has 2 heterocycles. The molecule has 4 rings (SSSR count).